The third-order valence-electron chi connectivity index (χ3n) is 14.0. The second-order valence-corrected chi connectivity index (χ2v) is 20.2. The van der Waals surface area contributed by atoms with Gasteiger partial charge in [-0.15, -0.1) is 0 Å². The van der Waals surface area contributed by atoms with Gasteiger partial charge >= 0.3 is 6.85 Å². The molecule has 11 rings (SSSR count). The summed E-state index contributed by atoms with van der Waals surface area (Å²) in [6, 6.07) is 66.8. The number of para-hydroxylation sites is 1. The van der Waals surface area contributed by atoms with Crippen molar-refractivity contribution in [3.63, 3.8) is 0 Å². The van der Waals surface area contributed by atoms with E-state index in [1.54, 1.807) is 0 Å². The Balaban J connectivity index is 1.31. The second-order valence-electron chi connectivity index (χ2n) is 20.2. The normalized spacial score (nSPS) is 14.5. The number of rotatable bonds is 4. The molecule has 0 radical (unpaired) electrons. The molecule has 8 aromatic rings. The summed E-state index contributed by atoms with van der Waals surface area (Å²) >= 11 is 0. The lowest BCUT2D eigenvalue weighted by molar-refractivity contribution is 0.590. The number of nitrogens with zero attached hydrogens (tertiary/aromatic N) is 2. The third kappa shape index (κ3) is 5.78. The number of fused-ring (bicyclic) bond motifs is 8. The van der Waals surface area contributed by atoms with Crippen LogP contribution in [0.4, 0.5) is 28.4 Å². The van der Waals surface area contributed by atoms with Crippen molar-refractivity contribution >= 4 is 46.2 Å². The summed E-state index contributed by atoms with van der Waals surface area (Å²) in [5.41, 5.74) is 24.0. The summed E-state index contributed by atoms with van der Waals surface area (Å²) in [6.45, 7) is 18.6. The molecule has 0 atom stereocenters. The van der Waals surface area contributed by atoms with Crippen LogP contribution in [-0.4, -0.2) is 6.85 Å². The monoisotopic (exact) mass is 800 g/mol. The van der Waals surface area contributed by atoms with Gasteiger partial charge in [0.1, 0.15) is 0 Å². The molecular formula is C59H53BN2. The Labute approximate surface area is 368 Å². The zero-order valence-electron chi connectivity index (χ0n) is 37.2. The highest BCUT2D eigenvalue weighted by Gasteiger charge is 2.49. The SMILES string of the molecule is CC(C)(C)c1ccc(N2B3c4ccc5c(c4N(c4ccc(C(C)(C)C)cc4-c4ccccc4)c4cc(-c6ccccc6)cc(c43)-c3ccccc32)-c2ccccc2C5(C)C)cc1. The van der Waals surface area contributed by atoms with Crippen molar-refractivity contribution in [2.24, 2.45) is 0 Å². The summed E-state index contributed by atoms with van der Waals surface area (Å²) in [5.74, 6) is 0. The van der Waals surface area contributed by atoms with Crippen molar-refractivity contribution in [3.8, 4) is 44.5 Å². The average molecular weight is 801 g/mol. The van der Waals surface area contributed by atoms with Crippen molar-refractivity contribution in [2.45, 2.75) is 71.6 Å². The topological polar surface area (TPSA) is 6.48 Å². The van der Waals surface area contributed by atoms with E-state index in [9.17, 15) is 0 Å². The Bertz CT molecular complexity index is 3060. The van der Waals surface area contributed by atoms with E-state index in [2.05, 4.69) is 241 Å². The molecule has 0 unspecified atom stereocenters. The molecule has 2 nitrogen and oxygen atoms in total. The fraction of sp³-hybridized carbons (Fsp3) is 0.186. The van der Waals surface area contributed by atoms with Gasteiger partial charge in [0.15, 0.2) is 0 Å². The minimum Gasteiger partial charge on any atom is -0.376 e. The molecule has 0 aromatic heterocycles. The molecule has 0 amide bonds. The molecule has 302 valence electrons. The molecule has 8 aromatic carbocycles. The largest absolute Gasteiger partial charge is 0.376 e. The number of benzene rings is 8. The van der Waals surface area contributed by atoms with E-state index in [1.165, 1.54) is 106 Å². The van der Waals surface area contributed by atoms with Gasteiger partial charge in [0.2, 0.25) is 0 Å². The molecule has 0 fully saturated rings. The lowest BCUT2D eigenvalue weighted by Crippen LogP contribution is -2.61. The van der Waals surface area contributed by atoms with Gasteiger partial charge in [-0.3, -0.25) is 0 Å². The van der Waals surface area contributed by atoms with Crippen LogP contribution in [-0.2, 0) is 16.2 Å². The highest BCUT2D eigenvalue weighted by atomic mass is 15.2. The summed E-state index contributed by atoms with van der Waals surface area (Å²) in [4.78, 5) is 5.32. The first-order valence-corrected chi connectivity index (χ1v) is 22.3. The predicted octanol–water partition coefficient (Wildman–Crippen LogP) is 14.6. The van der Waals surface area contributed by atoms with Gasteiger partial charge in [-0.05, 0) is 114 Å². The Kier molecular flexibility index (Phi) is 8.48. The maximum absolute atomic E-state index is 2.68. The first kappa shape index (κ1) is 38.4. The maximum Gasteiger partial charge on any atom is 0.333 e. The Hall–Kier alpha value is -6.58. The predicted molar refractivity (Wildman–Crippen MR) is 266 cm³/mol. The fourth-order valence-corrected chi connectivity index (χ4v) is 10.7. The number of hydrogen-bond acceptors (Lipinski definition) is 2. The summed E-state index contributed by atoms with van der Waals surface area (Å²) in [7, 11) is 0. The van der Waals surface area contributed by atoms with E-state index in [0.717, 1.165) is 0 Å². The summed E-state index contributed by atoms with van der Waals surface area (Å²) in [5, 5.41) is 0. The zero-order chi connectivity index (χ0) is 42.7. The van der Waals surface area contributed by atoms with Gasteiger partial charge in [-0.2, -0.15) is 0 Å². The van der Waals surface area contributed by atoms with E-state index in [4.69, 9.17) is 0 Å². The molecular weight excluding hydrogens is 747 g/mol. The molecule has 3 heteroatoms. The van der Waals surface area contributed by atoms with Crippen LogP contribution in [0.3, 0.4) is 0 Å². The molecule has 3 aliphatic rings. The molecule has 2 heterocycles. The van der Waals surface area contributed by atoms with Crippen molar-refractivity contribution < 1.29 is 0 Å². The van der Waals surface area contributed by atoms with E-state index in [0.29, 0.717) is 0 Å². The van der Waals surface area contributed by atoms with Crippen LogP contribution in [0.1, 0.15) is 77.6 Å². The molecule has 0 saturated carbocycles. The van der Waals surface area contributed by atoms with Crippen molar-refractivity contribution in [2.75, 3.05) is 9.71 Å². The first-order valence-electron chi connectivity index (χ1n) is 22.3. The zero-order valence-corrected chi connectivity index (χ0v) is 37.2. The molecule has 0 bridgehead atoms. The smallest absolute Gasteiger partial charge is 0.333 e. The van der Waals surface area contributed by atoms with Crippen LogP contribution in [0.2, 0.25) is 0 Å². The molecule has 1 aliphatic carbocycles. The van der Waals surface area contributed by atoms with Gasteiger partial charge in [0.25, 0.3) is 0 Å². The van der Waals surface area contributed by atoms with E-state index in [1.807, 2.05) is 0 Å². The lowest BCUT2D eigenvalue weighted by atomic mass is 9.43. The van der Waals surface area contributed by atoms with Crippen LogP contribution in [0.25, 0.3) is 44.5 Å². The molecule has 0 saturated heterocycles. The van der Waals surface area contributed by atoms with Crippen molar-refractivity contribution in [1.82, 2.24) is 0 Å². The standard InChI is InChI=1S/C59H53BN2/c1-57(2,3)41-27-30-43(31-28-41)62-52-26-18-16-23-44(52)47-35-40(38-19-11-9-12-20-38)36-53-55(47)60(62)50-33-32-49-54(45-24-15-17-25-48(45)59(49,7)8)56(50)61(53)51-34-29-42(58(4,5)6)37-46(51)39-21-13-10-14-22-39/h9-37H,1-8H3. The lowest BCUT2D eigenvalue weighted by Gasteiger charge is -2.47. The average Bonchev–Trinajstić information content (AvgIpc) is 3.52. The van der Waals surface area contributed by atoms with Gasteiger partial charge in [0, 0.05) is 39.2 Å². The van der Waals surface area contributed by atoms with Crippen LogP contribution in [0, 0.1) is 0 Å². The Morgan fingerprint density at radius 3 is 1.74 bits per heavy atom. The fourth-order valence-electron chi connectivity index (χ4n) is 10.7. The highest BCUT2D eigenvalue weighted by molar-refractivity contribution is 6.93. The van der Waals surface area contributed by atoms with E-state index < -0.39 is 0 Å². The number of hydrogen-bond donors (Lipinski definition) is 0. The first-order chi connectivity index (χ1) is 29.8. The minimum atomic E-state index is -0.177. The second kappa shape index (κ2) is 13.7. The maximum atomic E-state index is 2.68. The van der Waals surface area contributed by atoms with Crippen molar-refractivity contribution in [3.05, 3.63) is 198 Å². The van der Waals surface area contributed by atoms with Crippen LogP contribution in [0.5, 0.6) is 0 Å². The summed E-state index contributed by atoms with van der Waals surface area (Å²) in [6.07, 6.45) is 0. The summed E-state index contributed by atoms with van der Waals surface area (Å²) < 4.78 is 0. The van der Waals surface area contributed by atoms with Gasteiger partial charge in [0.05, 0.1) is 11.4 Å². The van der Waals surface area contributed by atoms with Gasteiger partial charge < -0.3 is 9.71 Å². The molecule has 2 aliphatic heterocycles. The van der Waals surface area contributed by atoms with E-state index in [-0.39, 0.29) is 23.1 Å². The third-order valence-corrected chi connectivity index (χ3v) is 14.0. The molecule has 62 heavy (non-hydrogen) atoms. The molecule has 0 N–H and O–H groups in total. The van der Waals surface area contributed by atoms with Crippen LogP contribution >= 0.6 is 0 Å². The van der Waals surface area contributed by atoms with E-state index >= 15 is 0 Å². The van der Waals surface area contributed by atoms with Crippen LogP contribution in [0.15, 0.2) is 176 Å². The van der Waals surface area contributed by atoms with Crippen molar-refractivity contribution in [1.29, 1.82) is 0 Å². The Morgan fingerprint density at radius 1 is 0.435 bits per heavy atom. The van der Waals surface area contributed by atoms with Crippen LogP contribution < -0.4 is 20.6 Å². The quantitative estimate of drug-likeness (QED) is 0.164. The van der Waals surface area contributed by atoms with Gasteiger partial charge in [-0.25, -0.2) is 0 Å². The minimum absolute atomic E-state index is 0.0314. The van der Waals surface area contributed by atoms with Gasteiger partial charge in [-0.1, -0.05) is 189 Å². The highest BCUT2D eigenvalue weighted by Crippen LogP contribution is 2.57. The Morgan fingerprint density at radius 2 is 1.05 bits per heavy atom. The number of anilines is 5. The molecule has 0 spiro atoms.